The molecule has 0 unspecified atom stereocenters. The number of rotatable bonds is 6. The molecule has 2 rings (SSSR count). The minimum Gasteiger partial charge on any atom is -0.344 e. The predicted molar refractivity (Wildman–Crippen MR) is 95.7 cm³/mol. The minimum atomic E-state index is -1.06. The molecule has 0 saturated heterocycles. The molecule has 3 N–H and O–H groups in total. The Balaban J connectivity index is 2.08. The second-order valence-electron chi connectivity index (χ2n) is 5.82. The number of nitrogens with zero attached hydrogens (tertiary/aromatic N) is 1. The first kappa shape index (κ1) is 20.2. The highest BCUT2D eigenvalue weighted by Crippen LogP contribution is 2.15. The molecular weight excluding hydrogens is 356 g/mol. The molecule has 0 aliphatic heterocycles. The monoisotopic (exact) mass is 375 g/mol. The molecule has 0 aromatic heterocycles. The molecule has 0 aliphatic rings. The van der Waals surface area contributed by atoms with Gasteiger partial charge in [0.05, 0.1) is 18.7 Å². The van der Waals surface area contributed by atoms with Crippen LogP contribution in [0.25, 0.3) is 0 Å². The third kappa shape index (κ3) is 5.18. The van der Waals surface area contributed by atoms with Crippen LogP contribution in [0.5, 0.6) is 0 Å². The largest absolute Gasteiger partial charge is 0.344 e. The van der Waals surface area contributed by atoms with Crippen LogP contribution in [0.1, 0.15) is 12.5 Å². The van der Waals surface area contributed by atoms with Crippen molar-refractivity contribution in [2.45, 2.75) is 19.4 Å². The predicted octanol–water partition coefficient (Wildman–Crippen LogP) is 1.53. The molecule has 0 spiro atoms. The van der Waals surface area contributed by atoms with E-state index in [1.165, 1.54) is 13.0 Å². The number of carbonyl (C=O) groups excluding carboxylic acids is 3. The molecule has 2 aromatic carbocycles. The molecule has 0 heterocycles. The summed E-state index contributed by atoms with van der Waals surface area (Å²) in [6.45, 7) is 1.04. The number of anilines is 1. The van der Waals surface area contributed by atoms with Crippen LogP contribution in [-0.2, 0) is 20.8 Å². The third-order valence-electron chi connectivity index (χ3n) is 3.76. The van der Waals surface area contributed by atoms with Gasteiger partial charge in [0.15, 0.2) is 11.6 Å². The number of imide groups is 1. The second-order valence-corrected chi connectivity index (χ2v) is 5.82. The zero-order valence-corrected chi connectivity index (χ0v) is 14.6. The van der Waals surface area contributed by atoms with Crippen molar-refractivity contribution in [1.82, 2.24) is 5.32 Å². The standard InChI is InChI=1S/C19H19F2N3O3/c1-12(23-17(25)10-13-7-8-15(20)16(21)9-13)19(27)24(18(26)11-22)14-5-3-2-4-6-14/h2-9,12H,10-11,22H2,1H3,(H,23,25)/t12-/m1/s1. The molecule has 0 aliphatic carbocycles. The van der Waals surface area contributed by atoms with E-state index in [9.17, 15) is 23.2 Å². The lowest BCUT2D eigenvalue weighted by atomic mass is 10.1. The van der Waals surface area contributed by atoms with Gasteiger partial charge in [-0.3, -0.25) is 14.4 Å². The number of hydrogen-bond donors (Lipinski definition) is 2. The zero-order chi connectivity index (χ0) is 20.0. The lowest BCUT2D eigenvalue weighted by Gasteiger charge is -2.24. The van der Waals surface area contributed by atoms with Crippen LogP contribution >= 0.6 is 0 Å². The molecular formula is C19H19F2N3O3. The first-order valence-electron chi connectivity index (χ1n) is 8.18. The molecule has 0 radical (unpaired) electrons. The molecule has 8 heteroatoms. The summed E-state index contributed by atoms with van der Waals surface area (Å²) in [6.07, 6.45) is -0.245. The van der Waals surface area contributed by atoms with Crippen molar-refractivity contribution in [3.05, 3.63) is 65.7 Å². The molecule has 3 amide bonds. The Morgan fingerprint density at radius 1 is 1.07 bits per heavy atom. The van der Waals surface area contributed by atoms with E-state index in [0.717, 1.165) is 17.0 Å². The maximum absolute atomic E-state index is 13.2. The van der Waals surface area contributed by atoms with Crippen LogP contribution in [-0.4, -0.2) is 30.3 Å². The Hall–Kier alpha value is -3.13. The zero-order valence-electron chi connectivity index (χ0n) is 14.6. The van der Waals surface area contributed by atoms with Gasteiger partial charge in [-0.15, -0.1) is 0 Å². The maximum atomic E-state index is 13.2. The number of halogens is 2. The van der Waals surface area contributed by atoms with Crippen LogP contribution in [0.3, 0.4) is 0 Å². The van der Waals surface area contributed by atoms with E-state index in [0.29, 0.717) is 5.69 Å². The van der Waals surface area contributed by atoms with Crippen LogP contribution < -0.4 is 16.0 Å². The molecule has 1 atom stereocenters. The summed E-state index contributed by atoms with van der Waals surface area (Å²) >= 11 is 0. The van der Waals surface area contributed by atoms with Gasteiger partial charge in [0, 0.05) is 0 Å². The van der Waals surface area contributed by atoms with Crippen LogP contribution in [0.4, 0.5) is 14.5 Å². The molecule has 27 heavy (non-hydrogen) atoms. The highest BCUT2D eigenvalue weighted by molar-refractivity contribution is 6.17. The van der Waals surface area contributed by atoms with Crippen molar-refractivity contribution in [2.24, 2.45) is 5.73 Å². The van der Waals surface area contributed by atoms with Gasteiger partial charge in [-0.25, -0.2) is 13.7 Å². The summed E-state index contributed by atoms with van der Waals surface area (Å²) < 4.78 is 26.2. The average Bonchev–Trinajstić information content (AvgIpc) is 2.65. The summed E-state index contributed by atoms with van der Waals surface area (Å²) in [4.78, 5) is 37.8. The highest BCUT2D eigenvalue weighted by Gasteiger charge is 2.27. The summed E-state index contributed by atoms with van der Waals surface area (Å²) in [5.74, 6) is -3.92. The Morgan fingerprint density at radius 3 is 2.33 bits per heavy atom. The van der Waals surface area contributed by atoms with E-state index in [-0.39, 0.29) is 18.5 Å². The molecule has 142 valence electrons. The first-order valence-corrected chi connectivity index (χ1v) is 8.18. The maximum Gasteiger partial charge on any atom is 0.256 e. The van der Waals surface area contributed by atoms with Crippen LogP contribution in [0, 0.1) is 11.6 Å². The lowest BCUT2D eigenvalue weighted by molar-refractivity contribution is -0.130. The van der Waals surface area contributed by atoms with E-state index >= 15 is 0 Å². The van der Waals surface area contributed by atoms with Crippen molar-refractivity contribution in [1.29, 1.82) is 0 Å². The highest BCUT2D eigenvalue weighted by atomic mass is 19.2. The first-order chi connectivity index (χ1) is 12.8. The number of benzene rings is 2. The van der Waals surface area contributed by atoms with E-state index in [4.69, 9.17) is 5.73 Å². The van der Waals surface area contributed by atoms with E-state index < -0.39 is 35.4 Å². The van der Waals surface area contributed by atoms with E-state index in [1.54, 1.807) is 30.3 Å². The van der Waals surface area contributed by atoms with Gasteiger partial charge in [0.25, 0.3) is 5.91 Å². The fourth-order valence-corrected chi connectivity index (χ4v) is 2.45. The van der Waals surface area contributed by atoms with Crippen molar-refractivity contribution in [3.63, 3.8) is 0 Å². The Bertz CT molecular complexity index is 843. The number of nitrogens with two attached hydrogens (primary N) is 1. The Morgan fingerprint density at radius 2 is 1.74 bits per heavy atom. The van der Waals surface area contributed by atoms with Crippen molar-refractivity contribution in [3.8, 4) is 0 Å². The number of carbonyl (C=O) groups is 3. The second kappa shape index (κ2) is 9.00. The van der Waals surface area contributed by atoms with Gasteiger partial charge in [-0.1, -0.05) is 24.3 Å². The third-order valence-corrected chi connectivity index (χ3v) is 3.76. The number of amides is 3. The lowest BCUT2D eigenvalue weighted by Crippen LogP contribution is -2.51. The smallest absolute Gasteiger partial charge is 0.256 e. The molecule has 0 fully saturated rings. The minimum absolute atomic E-state index is 0.245. The van der Waals surface area contributed by atoms with E-state index in [1.807, 2.05) is 0 Å². The molecule has 6 nitrogen and oxygen atoms in total. The summed E-state index contributed by atoms with van der Waals surface area (Å²) in [7, 11) is 0. The van der Waals surface area contributed by atoms with Gasteiger partial charge < -0.3 is 11.1 Å². The van der Waals surface area contributed by atoms with Crippen molar-refractivity contribution in [2.75, 3.05) is 11.4 Å². The van der Waals surface area contributed by atoms with Crippen LogP contribution in [0.15, 0.2) is 48.5 Å². The molecule has 2 aromatic rings. The number of hydrogen-bond acceptors (Lipinski definition) is 4. The fraction of sp³-hybridized carbons (Fsp3) is 0.211. The fourth-order valence-electron chi connectivity index (χ4n) is 2.45. The van der Waals surface area contributed by atoms with Gasteiger partial charge >= 0.3 is 0 Å². The number of nitrogens with one attached hydrogen (secondary N) is 1. The van der Waals surface area contributed by atoms with Crippen LogP contribution in [0.2, 0.25) is 0 Å². The summed E-state index contributed by atoms with van der Waals surface area (Å²) in [6, 6.07) is 10.3. The SMILES string of the molecule is C[C@@H](NC(=O)Cc1ccc(F)c(F)c1)C(=O)N(C(=O)CN)c1ccccc1. The van der Waals surface area contributed by atoms with Gasteiger partial charge in [-0.2, -0.15) is 0 Å². The Labute approximate surface area is 155 Å². The number of para-hydroxylation sites is 1. The van der Waals surface area contributed by atoms with Gasteiger partial charge in [-0.05, 0) is 36.8 Å². The van der Waals surface area contributed by atoms with Gasteiger partial charge in [0.1, 0.15) is 6.04 Å². The topological polar surface area (TPSA) is 92.5 Å². The van der Waals surface area contributed by atoms with Crippen molar-refractivity contribution < 1.29 is 23.2 Å². The van der Waals surface area contributed by atoms with Gasteiger partial charge in [0.2, 0.25) is 11.8 Å². The quantitative estimate of drug-likeness (QED) is 0.801. The van der Waals surface area contributed by atoms with E-state index in [2.05, 4.69) is 5.32 Å². The summed E-state index contributed by atoms with van der Waals surface area (Å²) in [5, 5.41) is 2.45. The normalized spacial score (nSPS) is 11.6. The molecule has 0 saturated carbocycles. The summed E-state index contributed by atoms with van der Waals surface area (Å²) in [5.41, 5.74) is 5.97. The Kier molecular flexibility index (Phi) is 6.73. The van der Waals surface area contributed by atoms with Crippen molar-refractivity contribution >= 4 is 23.4 Å². The average molecular weight is 375 g/mol. The molecule has 0 bridgehead atoms.